The minimum Gasteiger partial charge on any atom is -0.504 e. The third-order valence-electron chi connectivity index (χ3n) is 2.25. The third kappa shape index (κ3) is 4.05. The number of ether oxygens (including phenoxy) is 1. The lowest BCUT2D eigenvalue weighted by atomic mass is 10.1. The van der Waals surface area contributed by atoms with Gasteiger partial charge in [-0.3, -0.25) is 4.79 Å². The molecule has 106 valence electrons. The van der Waals surface area contributed by atoms with Gasteiger partial charge in [0.15, 0.2) is 11.5 Å². The third-order valence-corrected chi connectivity index (χ3v) is 2.25. The number of amides is 1. The van der Waals surface area contributed by atoms with Crippen LogP contribution in [0.25, 0.3) is 0 Å². The average Bonchev–Trinajstić information content (AvgIpc) is 2.21. The van der Waals surface area contributed by atoms with Crippen molar-refractivity contribution in [2.24, 2.45) is 0 Å². The summed E-state index contributed by atoms with van der Waals surface area (Å²) in [6.45, 7) is 9.24. The summed E-state index contributed by atoms with van der Waals surface area (Å²) in [5.74, 6) is -0.439. The number of hydrogen-bond acceptors (Lipinski definition) is 4. The van der Waals surface area contributed by atoms with Crippen LogP contribution in [-0.4, -0.2) is 22.7 Å². The molecule has 0 heterocycles. The highest BCUT2D eigenvalue weighted by atomic mass is 16.5. The lowest BCUT2D eigenvalue weighted by Crippen LogP contribution is -2.40. The first-order valence-electron chi connectivity index (χ1n) is 6.22. The molecule has 0 aromatic heterocycles. The minimum absolute atomic E-state index is 0.144. The number of hydrogen-bond donors (Lipinski definition) is 3. The maximum absolute atomic E-state index is 12.1. The molecule has 0 spiro atoms. The monoisotopic (exact) mass is 266 g/mol. The number of carbonyl (C=O) groups excluding carboxylic acids is 1. The Hall–Kier alpha value is -1.91. The van der Waals surface area contributed by atoms with E-state index in [-0.39, 0.29) is 34.6 Å². The maximum Gasteiger partial charge on any atom is 0.255 e. The van der Waals surface area contributed by atoms with E-state index in [4.69, 9.17) is 10.5 Å². The molecule has 0 radical (unpaired) electrons. The fraction of sp³-hybridized carbons (Fsp3) is 0.500. The van der Waals surface area contributed by atoms with Crippen LogP contribution >= 0.6 is 0 Å². The Bertz CT molecular complexity index is 476. The topological polar surface area (TPSA) is 84.6 Å². The molecule has 0 saturated carbocycles. The molecule has 1 aromatic rings. The summed E-state index contributed by atoms with van der Waals surface area (Å²) in [4.78, 5) is 12.1. The van der Waals surface area contributed by atoms with E-state index in [1.165, 1.54) is 6.07 Å². The lowest BCUT2D eigenvalue weighted by Gasteiger charge is -2.22. The van der Waals surface area contributed by atoms with E-state index < -0.39 is 0 Å². The number of nitrogens with two attached hydrogens (primary N) is 1. The summed E-state index contributed by atoms with van der Waals surface area (Å²) in [7, 11) is 0. The highest BCUT2D eigenvalue weighted by molar-refractivity contribution is 5.99. The van der Waals surface area contributed by atoms with Crippen LogP contribution in [0.3, 0.4) is 0 Å². The van der Waals surface area contributed by atoms with Crippen LogP contribution in [0, 0.1) is 0 Å². The largest absolute Gasteiger partial charge is 0.504 e. The van der Waals surface area contributed by atoms with E-state index in [0.717, 1.165) is 0 Å². The van der Waals surface area contributed by atoms with Crippen LogP contribution in [0.4, 0.5) is 5.69 Å². The first kappa shape index (κ1) is 15.1. The van der Waals surface area contributed by atoms with Crippen LogP contribution < -0.4 is 15.8 Å². The summed E-state index contributed by atoms with van der Waals surface area (Å²) in [5.41, 5.74) is 5.82. The molecule has 1 aromatic carbocycles. The molecule has 0 atom stereocenters. The second-order valence-electron chi connectivity index (χ2n) is 5.75. The number of phenols is 1. The number of aromatic hydroxyl groups is 1. The fourth-order valence-electron chi connectivity index (χ4n) is 1.54. The number of phenolic OH excluding ortho intramolecular Hbond substituents is 1. The Morgan fingerprint density at radius 3 is 2.42 bits per heavy atom. The van der Waals surface area contributed by atoms with Crippen molar-refractivity contribution in [2.45, 2.75) is 46.3 Å². The zero-order chi connectivity index (χ0) is 14.8. The summed E-state index contributed by atoms with van der Waals surface area (Å²) < 4.78 is 5.44. The Balaban J connectivity index is 3.13. The van der Waals surface area contributed by atoms with Crippen molar-refractivity contribution in [3.05, 3.63) is 17.7 Å². The molecular formula is C14H22N2O3. The summed E-state index contributed by atoms with van der Waals surface area (Å²) >= 11 is 0. The van der Waals surface area contributed by atoms with Gasteiger partial charge in [-0.25, -0.2) is 0 Å². The second kappa shape index (κ2) is 5.38. The second-order valence-corrected chi connectivity index (χ2v) is 5.75. The number of benzene rings is 1. The molecule has 5 nitrogen and oxygen atoms in total. The smallest absolute Gasteiger partial charge is 0.255 e. The van der Waals surface area contributed by atoms with Crippen molar-refractivity contribution < 1.29 is 14.6 Å². The summed E-state index contributed by atoms with van der Waals surface area (Å²) in [5, 5.41) is 12.9. The number of rotatable bonds is 3. The molecule has 5 heteroatoms. The number of nitrogen functional groups attached to an aromatic ring is 1. The molecule has 0 fully saturated rings. The van der Waals surface area contributed by atoms with Gasteiger partial charge in [-0.1, -0.05) is 0 Å². The number of anilines is 1. The Labute approximate surface area is 113 Å². The molecule has 0 aliphatic rings. The first-order chi connectivity index (χ1) is 8.61. The van der Waals surface area contributed by atoms with Crippen LogP contribution in [0.2, 0.25) is 0 Å². The number of carbonyl (C=O) groups is 1. The van der Waals surface area contributed by atoms with Gasteiger partial charge in [0.2, 0.25) is 0 Å². The van der Waals surface area contributed by atoms with Gasteiger partial charge in [0.25, 0.3) is 5.91 Å². The van der Waals surface area contributed by atoms with Crippen LogP contribution in [0.15, 0.2) is 12.1 Å². The molecular weight excluding hydrogens is 244 g/mol. The zero-order valence-corrected chi connectivity index (χ0v) is 12.1. The van der Waals surface area contributed by atoms with Crippen molar-refractivity contribution in [3.8, 4) is 11.5 Å². The first-order valence-corrected chi connectivity index (χ1v) is 6.22. The highest BCUT2D eigenvalue weighted by Crippen LogP contribution is 2.36. The van der Waals surface area contributed by atoms with Crippen LogP contribution in [-0.2, 0) is 0 Å². The predicted octanol–water partition coefficient (Wildman–Crippen LogP) is 2.29. The van der Waals surface area contributed by atoms with E-state index in [0.29, 0.717) is 5.69 Å². The number of nitrogens with one attached hydrogen (secondary N) is 1. The fourth-order valence-corrected chi connectivity index (χ4v) is 1.54. The molecule has 1 rings (SSSR count). The van der Waals surface area contributed by atoms with Crippen molar-refractivity contribution in [2.75, 3.05) is 5.73 Å². The predicted molar refractivity (Wildman–Crippen MR) is 75.5 cm³/mol. The average molecular weight is 266 g/mol. The van der Waals surface area contributed by atoms with Gasteiger partial charge in [0.05, 0.1) is 17.4 Å². The highest BCUT2D eigenvalue weighted by Gasteiger charge is 2.22. The van der Waals surface area contributed by atoms with Crippen molar-refractivity contribution >= 4 is 11.6 Å². The minimum atomic E-state index is -0.385. The molecule has 0 aliphatic heterocycles. The van der Waals surface area contributed by atoms with Gasteiger partial charge in [0.1, 0.15) is 0 Å². The summed E-state index contributed by atoms with van der Waals surface area (Å²) in [6, 6.07) is 3.04. The quantitative estimate of drug-likeness (QED) is 0.733. The Kier molecular flexibility index (Phi) is 4.29. The molecule has 0 aliphatic carbocycles. The Morgan fingerprint density at radius 2 is 1.95 bits per heavy atom. The lowest BCUT2D eigenvalue weighted by molar-refractivity contribution is 0.0915. The standard InChI is InChI=1S/C14H22N2O3/c1-8(2)19-12-10(15)7-6-9(11(12)17)13(18)16-14(3,4)5/h6-8,17H,15H2,1-5H3,(H,16,18). The van der Waals surface area contributed by atoms with Gasteiger partial charge in [0, 0.05) is 5.54 Å². The van der Waals surface area contributed by atoms with Crippen molar-refractivity contribution in [3.63, 3.8) is 0 Å². The molecule has 0 bridgehead atoms. The van der Waals surface area contributed by atoms with Crippen LogP contribution in [0.1, 0.15) is 45.0 Å². The van der Waals surface area contributed by atoms with E-state index >= 15 is 0 Å². The van der Waals surface area contributed by atoms with Crippen LogP contribution in [0.5, 0.6) is 11.5 Å². The Morgan fingerprint density at radius 1 is 1.37 bits per heavy atom. The van der Waals surface area contributed by atoms with Gasteiger partial charge in [-0.15, -0.1) is 0 Å². The molecule has 19 heavy (non-hydrogen) atoms. The molecule has 0 saturated heterocycles. The van der Waals surface area contributed by atoms with E-state index in [2.05, 4.69) is 5.32 Å². The van der Waals surface area contributed by atoms with E-state index in [1.54, 1.807) is 6.07 Å². The molecule has 1 amide bonds. The normalized spacial score (nSPS) is 11.5. The van der Waals surface area contributed by atoms with Crippen molar-refractivity contribution in [1.82, 2.24) is 5.32 Å². The zero-order valence-electron chi connectivity index (χ0n) is 12.1. The molecule has 0 unspecified atom stereocenters. The molecule has 4 N–H and O–H groups in total. The van der Waals surface area contributed by atoms with E-state index in [9.17, 15) is 9.90 Å². The van der Waals surface area contributed by atoms with Gasteiger partial charge < -0.3 is 20.9 Å². The summed E-state index contributed by atoms with van der Waals surface area (Å²) in [6.07, 6.45) is -0.144. The SMILES string of the molecule is CC(C)Oc1c(N)ccc(C(=O)NC(C)(C)C)c1O. The van der Waals surface area contributed by atoms with Gasteiger partial charge in [-0.05, 0) is 46.8 Å². The van der Waals surface area contributed by atoms with Gasteiger partial charge >= 0.3 is 0 Å². The van der Waals surface area contributed by atoms with Gasteiger partial charge in [-0.2, -0.15) is 0 Å². The van der Waals surface area contributed by atoms with E-state index in [1.807, 2.05) is 34.6 Å². The maximum atomic E-state index is 12.1. The van der Waals surface area contributed by atoms with Crippen molar-refractivity contribution in [1.29, 1.82) is 0 Å².